The minimum absolute atomic E-state index is 0.0402. The Morgan fingerprint density at radius 3 is 2.39 bits per heavy atom. The van der Waals surface area contributed by atoms with Crippen LogP contribution in [0.15, 0.2) is 24.3 Å². The van der Waals surface area contributed by atoms with Crippen LogP contribution in [0.2, 0.25) is 0 Å². The summed E-state index contributed by atoms with van der Waals surface area (Å²) < 4.78 is 5.50. The van der Waals surface area contributed by atoms with Gasteiger partial charge in [-0.25, -0.2) is 4.79 Å². The number of imide groups is 1. The van der Waals surface area contributed by atoms with Gasteiger partial charge in [-0.2, -0.15) is 0 Å². The number of carbonyl (C=O) groups excluding carboxylic acids is 3. The van der Waals surface area contributed by atoms with Gasteiger partial charge < -0.3 is 14.5 Å². The van der Waals surface area contributed by atoms with E-state index in [1.54, 1.807) is 4.90 Å². The lowest BCUT2D eigenvalue weighted by Gasteiger charge is -2.41. The van der Waals surface area contributed by atoms with Gasteiger partial charge in [-0.1, -0.05) is 12.1 Å². The lowest BCUT2D eigenvalue weighted by molar-refractivity contribution is -0.134. The Morgan fingerprint density at radius 1 is 1.14 bits per heavy atom. The van der Waals surface area contributed by atoms with Crippen molar-refractivity contribution in [2.45, 2.75) is 58.1 Å². The summed E-state index contributed by atoms with van der Waals surface area (Å²) in [6.07, 6.45) is 0.658. The van der Waals surface area contributed by atoms with Crippen molar-refractivity contribution in [3.63, 3.8) is 0 Å². The molecule has 152 valence electrons. The third-order valence-corrected chi connectivity index (χ3v) is 5.16. The number of hydrogen-bond acceptors (Lipinski definition) is 5. The Morgan fingerprint density at radius 2 is 1.82 bits per heavy atom. The van der Waals surface area contributed by atoms with E-state index in [4.69, 9.17) is 4.74 Å². The summed E-state index contributed by atoms with van der Waals surface area (Å²) in [6.45, 7) is 9.68. The van der Waals surface area contributed by atoms with Crippen LogP contribution in [0.4, 0.5) is 10.5 Å². The monoisotopic (exact) mass is 387 g/mol. The molecule has 0 aromatic heterocycles. The average molecular weight is 387 g/mol. The molecule has 2 aliphatic heterocycles. The highest BCUT2D eigenvalue weighted by Crippen LogP contribution is 2.28. The largest absolute Gasteiger partial charge is 0.444 e. The molecule has 3 rings (SSSR count). The maximum atomic E-state index is 12.4. The maximum absolute atomic E-state index is 12.4. The molecule has 7 heteroatoms. The molecule has 1 unspecified atom stereocenters. The molecule has 1 aromatic rings. The number of benzene rings is 1. The summed E-state index contributed by atoms with van der Waals surface area (Å²) in [5.41, 5.74) is 1.49. The Balaban J connectivity index is 1.62. The Kier molecular flexibility index (Phi) is 5.63. The van der Waals surface area contributed by atoms with Crippen LogP contribution in [0.3, 0.4) is 0 Å². The number of rotatable bonds is 2. The summed E-state index contributed by atoms with van der Waals surface area (Å²) >= 11 is 0. The third-order valence-electron chi connectivity index (χ3n) is 5.16. The van der Waals surface area contributed by atoms with Crippen LogP contribution < -0.4 is 10.2 Å². The highest BCUT2D eigenvalue weighted by Gasteiger charge is 2.31. The molecule has 28 heavy (non-hydrogen) atoms. The summed E-state index contributed by atoms with van der Waals surface area (Å²) in [4.78, 5) is 39.7. The van der Waals surface area contributed by atoms with Crippen molar-refractivity contribution < 1.29 is 19.1 Å². The predicted molar refractivity (Wildman–Crippen MR) is 106 cm³/mol. The van der Waals surface area contributed by atoms with E-state index in [-0.39, 0.29) is 29.9 Å². The van der Waals surface area contributed by atoms with Gasteiger partial charge in [0.15, 0.2) is 0 Å². The van der Waals surface area contributed by atoms with Gasteiger partial charge in [-0.15, -0.1) is 0 Å². The first-order chi connectivity index (χ1) is 13.1. The molecule has 1 N–H and O–H groups in total. The zero-order valence-corrected chi connectivity index (χ0v) is 17.0. The van der Waals surface area contributed by atoms with Gasteiger partial charge in [0.05, 0.1) is 5.92 Å². The second-order valence-corrected chi connectivity index (χ2v) is 8.56. The zero-order chi connectivity index (χ0) is 20.5. The lowest BCUT2D eigenvalue weighted by atomic mass is 9.90. The first kappa shape index (κ1) is 20.2. The average Bonchev–Trinajstić information content (AvgIpc) is 2.60. The topological polar surface area (TPSA) is 79.0 Å². The minimum Gasteiger partial charge on any atom is -0.444 e. The number of nitrogens with one attached hydrogen (secondary N) is 1. The molecule has 0 radical (unpaired) electrons. The zero-order valence-electron chi connectivity index (χ0n) is 17.0. The summed E-state index contributed by atoms with van der Waals surface area (Å²) in [5.74, 6) is -0.687. The van der Waals surface area contributed by atoms with Crippen molar-refractivity contribution in [3.05, 3.63) is 29.8 Å². The normalized spacial score (nSPS) is 23.4. The van der Waals surface area contributed by atoms with Crippen LogP contribution in [0.1, 0.15) is 52.0 Å². The van der Waals surface area contributed by atoms with Crippen molar-refractivity contribution in [2.24, 2.45) is 0 Å². The van der Waals surface area contributed by atoms with Crippen molar-refractivity contribution >= 4 is 23.6 Å². The quantitative estimate of drug-likeness (QED) is 0.790. The van der Waals surface area contributed by atoms with E-state index in [9.17, 15) is 14.4 Å². The Labute approximate surface area is 166 Å². The van der Waals surface area contributed by atoms with Crippen molar-refractivity contribution in [1.82, 2.24) is 10.2 Å². The maximum Gasteiger partial charge on any atom is 0.410 e. The standard InChI is InChI=1S/C21H29N3O4/c1-14-13-23(11-12-24(14)20(27)28-21(2,3)4)16-7-5-15(6-8-16)17-9-10-18(25)22-19(17)26/h5-8,14,17H,9-13H2,1-4H3,(H,22,25,26)/t14-,17?/m0/s1. The molecular formula is C21H29N3O4. The number of amides is 3. The van der Waals surface area contributed by atoms with Crippen LogP contribution in [0.25, 0.3) is 0 Å². The van der Waals surface area contributed by atoms with Crippen LogP contribution in [-0.4, -0.2) is 54.1 Å². The Bertz CT molecular complexity index is 754. The van der Waals surface area contributed by atoms with E-state index in [0.29, 0.717) is 19.4 Å². The molecule has 2 saturated heterocycles. The second-order valence-electron chi connectivity index (χ2n) is 8.56. The van der Waals surface area contributed by atoms with Gasteiger partial charge in [0, 0.05) is 37.8 Å². The molecule has 0 saturated carbocycles. The van der Waals surface area contributed by atoms with Crippen molar-refractivity contribution in [3.8, 4) is 0 Å². The second kappa shape index (κ2) is 7.81. The van der Waals surface area contributed by atoms with Gasteiger partial charge in [0.25, 0.3) is 0 Å². The first-order valence-corrected chi connectivity index (χ1v) is 9.82. The fourth-order valence-corrected chi connectivity index (χ4v) is 3.71. The number of anilines is 1. The van der Waals surface area contributed by atoms with Crippen LogP contribution in [0.5, 0.6) is 0 Å². The van der Waals surface area contributed by atoms with Gasteiger partial charge in [0.2, 0.25) is 11.8 Å². The van der Waals surface area contributed by atoms with E-state index < -0.39 is 5.60 Å². The van der Waals surface area contributed by atoms with E-state index >= 15 is 0 Å². The SMILES string of the molecule is C[C@H]1CN(c2ccc(C3CCC(=O)NC3=O)cc2)CCN1C(=O)OC(C)(C)C. The number of ether oxygens (including phenoxy) is 1. The van der Waals surface area contributed by atoms with Crippen LogP contribution in [-0.2, 0) is 14.3 Å². The smallest absolute Gasteiger partial charge is 0.410 e. The predicted octanol–water partition coefficient (Wildman–Crippen LogP) is 2.65. The number of carbonyl (C=O) groups is 3. The molecule has 2 heterocycles. The molecule has 2 aliphatic rings. The fraction of sp³-hybridized carbons (Fsp3) is 0.571. The summed E-state index contributed by atoms with van der Waals surface area (Å²) in [7, 11) is 0. The highest BCUT2D eigenvalue weighted by atomic mass is 16.6. The van der Waals surface area contributed by atoms with Gasteiger partial charge in [-0.3, -0.25) is 14.9 Å². The molecule has 0 spiro atoms. The minimum atomic E-state index is -0.500. The van der Waals surface area contributed by atoms with Gasteiger partial charge in [-0.05, 0) is 51.8 Å². The highest BCUT2D eigenvalue weighted by molar-refractivity contribution is 6.00. The van der Waals surface area contributed by atoms with Gasteiger partial charge >= 0.3 is 6.09 Å². The summed E-state index contributed by atoms with van der Waals surface area (Å²) in [5, 5.41) is 2.41. The molecule has 3 amide bonds. The van der Waals surface area contributed by atoms with Crippen molar-refractivity contribution in [1.29, 1.82) is 0 Å². The first-order valence-electron chi connectivity index (χ1n) is 9.82. The fourth-order valence-electron chi connectivity index (χ4n) is 3.71. The molecule has 0 bridgehead atoms. The van der Waals surface area contributed by atoms with E-state index in [0.717, 1.165) is 24.3 Å². The van der Waals surface area contributed by atoms with Gasteiger partial charge in [0.1, 0.15) is 5.60 Å². The number of nitrogens with zero attached hydrogens (tertiary/aromatic N) is 2. The molecular weight excluding hydrogens is 358 g/mol. The molecule has 0 aliphatic carbocycles. The molecule has 2 atom stereocenters. The van der Waals surface area contributed by atoms with Crippen LogP contribution >= 0.6 is 0 Å². The lowest BCUT2D eigenvalue weighted by Crippen LogP contribution is -2.55. The number of hydrogen-bond donors (Lipinski definition) is 1. The molecule has 2 fully saturated rings. The van der Waals surface area contributed by atoms with E-state index in [1.807, 2.05) is 52.0 Å². The summed E-state index contributed by atoms with van der Waals surface area (Å²) in [6, 6.07) is 7.98. The van der Waals surface area contributed by atoms with Crippen LogP contribution in [0, 0.1) is 0 Å². The molecule has 1 aromatic carbocycles. The number of piperidine rings is 1. The van der Waals surface area contributed by atoms with E-state index in [1.165, 1.54) is 0 Å². The molecule has 7 nitrogen and oxygen atoms in total. The van der Waals surface area contributed by atoms with Crippen molar-refractivity contribution in [2.75, 3.05) is 24.5 Å². The third kappa shape index (κ3) is 4.64. The Hall–Kier alpha value is -2.57. The van der Waals surface area contributed by atoms with E-state index in [2.05, 4.69) is 10.2 Å². The number of piperazine rings is 1.